The second kappa shape index (κ2) is 11.6. The van der Waals surface area contributed by atoms with E-state index in [2.05, 4.69) is 101 Å². The lowest BCUT2D eigenvalue weighted by Crippen LogP contribution is -2.35. The lowest BCUT2D eigenvalue weighted by Gasteiger charge is -2.38. The summed E-state index contributed by atoms with van der Waals surface area (Å²) >= 11 is 0. The Labute approximate surface area is 218 Å². The minimum Gasteiger partial charge on any atom is -0.467 e. The SMILES string of the molecule is CCCCC1c2ccccc2CCN1Cc1ccc(OC(C)(C)c2c(CC)cccc2CC)nc1C. The van der Waals surface area contributed by atoms with E-state index < -0.39 is 5.60 Å². The number of hydrogen-bond donors (Lipinski definition) is 0. The molecule has 1 atom stereocenters. The van der Waals surface area contributed by atoms with Gasteiger partial charge in [0.2, 0.25) is 5.88 Å². The van der Waals surface area contributed by atoms with E-state index in [1.54, 1.807) is 0 Å². The highest BCUT2D eigenvalue weighted by atomic mass is 16.5. The van der Waals surface area contributed by atoms with Gasteiger partial charge in [-0.2, -0.15) is 0 Å². The van der Waals surface area contributed by atoms with Crippen molar-refractivity contribution in [2.24, 2.45) is 0 Å². The van der Waals surface area contributed by atoms with Crippen molar-refractivity contribution >= 4 is 0 Å². The third-order valence-corrected chi connectivity index (χ3v) is 7.86. The third-order valence-electron chi connectivity index (χ3n) is 7.86. The fraction of sp³-hybridized carbons (Fsp3) is 0.485. The van der Waals surface area contributed by atoms with E-state index in [1.807, 2.05) is 0 Å². The van der Waals surface area contributed by atoms with Crippen LogP contribution in [-0.4, -0.2) is 16.4 Å². The number of unbranched alkanes of at least 4 members (excludes halogenated alkanes) is 1. The molecule has 2 aromatic carbocycles. The zero-order valence-electron chi connectivity index (χ0n) is 23.2. The number of aryl methyl sites for hydroxylation is 3. The quantitative estimate of drug-likeness (QED) is 0.290. The fourth-order valence-electron chi connectivity index (χ4n) is 5.97. The molecule has 0 spiro atoms. The summed E-state index contributed by atoms with van der Waals surface area (Å²) in [6, 6.07) is 20.5. The number of fused-ring (bicyclic) bond motifs is 1. The first-order valence-corrected chi connectivity index (χ1v) is 14.0. The maximum Gasteiger partial charge on any atom is 0.214 e. The lowest BCUT2D eigenvalue weighted by atomic mass is 9.86. The van der Waals surface area contributed by atoms with Gasteiger partial charge in [-0.15, -0.1) is 0 Å². The maximum atomic E-state index is 6.59. The van der Waals surface area contributed by atoms with Crippen molar-refractivity contribution in [1.29, 1.82) is 0 Å². The second-order valence-corrected chi connectivity index (χ2v) is 10.7. The van der Waals surface area contributed by atoms with Crippen LogP contribution >= 0.6 is 0 Å². The summed E-state index contributed by atoms with van der Waals surface area (Å²) in [5, 5.41) is 0. The van der Waals surface area contributed by atoms with Crippen LogP contribution < -0.4 is 4.74 Å². The summed E-state index contributed by atoms with van der Waals surface area (Å²) in [5.74, 6) is 0.709. The van der Waals surface area contributed by atoms with Crippen LogP contribution in [0.1, 0.15) is 99.0 Å². The first-order chi connectivity index (χ1) is 17.4. The molecule has 1 aromatic heterocycles. The van der Waals surface area contributed by atoms with Crippen molar-refractivity contribution in [3.63, 3.8) is 0 Å². The lowest BCUT2D eigenvalue weighted by molar-refractivity contribution is 0.0998. The standard InChI is InChI=1S/C33H44N2O/c1-7-10-18-30-29-17-12-11-14-27(29)21-22-35(30)23-28-19-20-31(34-24(28)4)36-33(5,6)32-25(8-2)15-13-16-26(32)9-3/h11-17,19-20,30H,7-10,18,21-23H2,1-6H3. The average molecular weight is 485 g/mol. The van der Waals surface area contributed by atoms with E-state index in [4.69, 9.17) is 9.72 Å². The van der Waals surface area contributed by atoms with Crippen molar-refractivity contribution in [3.8, 4) is 5.88 Å². The normalized spacial score (nSPS) is 16.1. The number of rotatable bonds is 10. The summed E-state index contributed by atoms with van der Waals surface area (Å²) in [4.78, 5) is 7.61. The highest BCUT2D eigenvalue weighted by molar-refractivity contribution is 5.40. The van der Waals surface area contributed by atoms with Crippen molar-refractivity contribution < 1.29 is 4.74 Å². The Morgan fingerprint density at radius 2 is 1.64 bits per heavy atom. The van der Waals surface area contributed by atoms with Gasteiger partial charge < -0.3 is 4.74 Å². The molecular weight excluding hydrogens is 440 g/mol. The highest BCUT2D eigenvalue weighted by Gasteiger charge is 2.29. The van der Waals surface area contributed by atoms with Gasteiger partial charge in [-0.25, -0.2) is 4.98 Å². The summed E-state index contributed by atoms with van der Waals surface area (Å²) in [6.45, 7) is 15.2. The van der Waals surface area contributed by atoms with Gasteiger partial charge in [-0.1, -0.05) is 82.1 Å². The Hall–Kier alpha value is -2.65. The Bertz CT molecular complexity index is 1140. The van der Waals surface area contributed by atoms with E-state index in [-0.39, 0.29) is 0 Å². The Morgan fingerprint density at radius 3 is 2.31 bits per heavy atom. The number of benzene rings is 2. The van der Waals surface area contributed by atoms with E-state index in [0.717, 1.165) is 38.0 Å². The summed E-state index contributed by atoms with van der Waals surface area (Å²) in [5.41, 5.74) is 8.98. The molecule has 1 unspecified atom stereocenters. The molecular formula is C33H44N2O. The van der Waals surface area contributed by atoms with Gasteiger partial charge in [0, 0.05) is 36.5 Å². The maximum absolute atomic E-state index is 6.59. The van der Waals surface area contributed by atoms with E-state index in [1.165, 1.54) is 52.6 Å². The fourth-order valence-corrected chi connectivity index (χ4v) is 5.97. The molecule has 1 aliphatic rings. The zero-order chi connectivity index (χ0) is 25.7. The molecule has 192 valence electrons. The topological polar surface area (TPSA) is 25.4 Å². The van der Waals surface area contributed by atoms with E-state index in [0.29, 0.717) is 11.9 Å². The Kier molecular flexibility index (Phi) is 8.51. The Morgan fingerprint density at radius 1 is 0.917 bits per heavy atom. The molecule has 4 rings (SSSR count). The number of ether oxygens (including phenoxy) is 1. The summed E-state index contributed by atoms with van der Waals surface area (Å²) in [7, 11) is 0. The molecule has 0 saturated heterocycles. The molecule has 2 heterocycles. The van der Waals surface area contributed by atoms with Crippen LogP contribution in [-0.2, 0) is 31.4 Å². The minimum absolute atomic E-state index is 0.444. The number of pyridine rings is 1. The molecule has 3 nitrogen and oxygen atoms in total. The van der Waals surface area contributed by atoms with Gasteiger partial charge in [0.15, 0.2) is 0 Å². The minimum atomic E-state index is -0.444. The number of nitrogens with zero attached hydrogens (tertiary/aromatic N) is 2. The van der Waals surface area contributed by atoms with Crippen molar-refractivity contribution in [2.75, 3.05) is 6.54 Å². The third kappa shape index (κ3) is 5.67. The average Bonchev–Trinajstić information content (AvgIpc) is 2.88. The number of aromatic nitrogens is 1. The van der Waals surface area contributed by atoms with Gasteiger partial charge in [-0.05, 0) is 74.3 Å². The number of hydrogen-bond acceptors (Lipinski definition) is 3. The molecule has 0 N–H and O–H groups in total. The first-order valence-electron chi connectivity index (χ1n) is 14.0. The largest absolute Gasteiger partial charge is 0.467 e. The van der Waals surface area contributed by atoms with Crippen LogP contribution in [0.15, 0.2) is 54.6 Å². The van der Waals surface area contributed by atoms with Crippen LogP contribution in [0, 0.1) is 6.92 Å². The molecule has 3 heteroatoms. The van der Waals surface area contributed by atoms with Gasteiger partial charge in [-0.3, -0.25) is 4.90 Å². The molecule has 0 saturated carbocycles. The molecule has 0 aliphatic carbocycles. The van der Waals surface area contributed by atoms with Gasteiger partial charge in [0.1, 0.15) is 5.60 Å². The first kappa shape index (κ1) is 26.4. The van der Waals surface area contributed by atoms with Gasteiger partial charge >= 0.3 is 0 Å². The molecule has 0 bridgehead atoms. The van der Waals surface area contributed by atoms with E-state index >= 15 is 0 Å². The second-order valence-electron chi connectivity index (χ2n) is 10.7. The predicted molar refractivity (Wildman–Crippen MR) is 151 cm³/mol. The molecule has 0 amide bonds. The molecule has 36 heavy (non-hydrogen) atoms. The van der Waals surface area contributed by atoms with Crippen LogP contribution in [0.5, 0.6) is 5.88 Å². The van der Waals surface area contributed by atoms with Crippen LogP contribution in [0.3, 0.4) is 0 Å². The molecule has 3 aromatic rings. The summed E-state index contributed by atoms with van der Waals surface area (Å²) < 4.78 is 6.59. The molecule has 0 radical (unpaired) electrons. The van der Waals surface area contributed by atoms with E-state index in [9.17, 15) is 0 Å². The molecule has 0 fully saturated rings. The van der Waals surface area contributed by atoms with Crippen molar-refractivity contribution in [3.05, 3.63) is 93.7 Å². The van der Waals surface area contributed by atoms with Crippen LogP contribution in [0.25, 0.3) is 0 Å². The smallest absolute Gasteiger partial charge is 0.214 e. The van der Waals surface area contributed by atoms with Crippen LogP contribution in [0.4, 0.5) is 0 Å². The van der Waals surface area contributed by atoms with Gasteiger partial charge in [0.05, 0.1) is 0 Å². The van der Waals surface area contributed by atoms with Crippen molar-refractivity contribution in [2.45, 2.75) is 98.3 Å². The monoisotopic (exact) mass is 484 g/mol. The summed E-state index contributed by atoms with van der Waals surface area (Å²) in [6.07, 6.45) is 6.83. The van der Waals surface area contributed by atoms with Gasteiger partial charge in [0.25, 0.3) is 0 Å². The Balaban J connectivity index is 1.55. The van der Waals surface area contributed by atoms with Crippen LogP contribution in [0.2, 0.25) is 0 Å². The highest BCUT2D eigenvalue weighted by Crippen LogP contribution is 2.36. The predicted octanol–water partition coefficient (Wildman–Crippen LogP) is 8.12. The zero-order valence-corrected chi connectivity index (χ0v) is 23.2. The molecule has 1 aliphatic heterocycles. The van der Waals surface area contributed by atoms with Crippen molar-refractivity contribution in [1.82, 2.24) is 9.88 Å².